The van der Waals surface area contributed by atoms with Crippen LogP contribution < -0.4 is 85.5 Å². The first-order valence-corrected chi connectivity index (χ1v) is 28.8. The van der Waals surface area contributed by atoms with Gasteiger partial charge < -0.3 is 95.6 Å². The van der Waals surface area contributed by atoms with Gasteiger partial charge in [0.25, 0.3) is 0 Å². The maximum absolute atomic E-state index is 13.0. The van der Waals surface area contributed by atoms with E-state index in [1.54, 1.807) is 6.20 Å². The van der Waals surface area contributed by atoms with Crippen LogP contribution in [0.4, 0.5) is 0 Å². The van der Waals surface area contributed by atoms with Crippen molar-refractivity contribution in [3.05, 3.63) is 36.0 Å². The van der Waals surface area contributed by atoms with Crippen LogP contribution in [-0.2, 0) is 83.1 Å². The van der Waals surface area contributed by atoms with Crippen LogP contribution in [0.2, 0.25) is 0 Å². The summed E-state index contributed by atoms with van der Waals surface area (Å²) < 4.78 is 0. The number of aromatic nitrogens is 1. The van der Waals surface area contributed by atoms with Gasteiger partial charge in [0.2, 0.25) is 88.6 Å². The number of aliphatic carboxylic acids is 1. The summed E-state index contributed by atoms with van der Waals surface area (Å²) in [7, 11) is 0. The minimum absolute atomic E-state index is 0.192. The van der Waals surface area contributed by atoms with E-state index in [4.69, 9.17) is 10.8 Å². The van der Waals surface area contributed by atoms with Crippen molar-refractivity contribution in [2.24, 2.45) is 5.73 Å². The van der Waals surface area contributed by atoms with Gasteiger partial charge in [-0.05, 0) is 122 Å². The van der Waals surface area contributed by atoms with Gasteiger partial charge in [0, 0.05) is 17.1 Å². The molecule has 34 heteroatoms. The van der Waals surface area contributed by atoms with Crippen molar-refractivity contribution in [2.45, 2.75) is 207 Å². The fourth-order valence-corrected chi connectivity index (χ4v) is 7.67. The van der Waals surface area contributed by atoms with Crippen LogP contribution in [0.1, 0.15) is 109 Å². The third kappa shape index (κ3) is 24.4. The third-order valence-corrected chi connectivity index (χ3v) is 13.7. The molecule has 0 spiro atoms. The van der Waals surface area contributed by atoms with Gasteiger partial charge in [-0.1, -0.05) is 18.2 Å². The molecule has 19 N–H and O–H groups in total. The van der Waals surface area contributed by atoms with Gasteiger partial charge >= 0.3 is 5.97 Å². The highest BCUT2D eigenvalue weighted by Crippen LogP contribution is 2.19. The molecule has 1 aromatic carbocycles. The average molecular weight is 1270 g/mol. The zero-order valence-electron chi connectivity index (χ0n) is 52.9. The first kappa shape index (κ1) is 76.3. The van der Waals surface area contributed by atoms with Gasteiger partial charge in [-0.3, -0.25) is 76.7 Å². The molecule has 34 nitrogen and oxygen atoms in total. The van der Waals surface area contributed by atoms with Gasteiger partial charge in [0.1, 0.15) is 90.6 Å². The number of carbonyl (C=O) groups excluding carboxylic acids is 15. The molecular weight excluding hydrogens is 1180 g/mol. The number of hydrogen-bond acceptors (Lipinski definition) is 17. The number of aromatic amines is 1. The molecule has 0 aliphatic carbocycles. The number of rotatable bonds is 33. The highest BCUT2D eigenvalue weighted by atomic mass is 16.4. The normalized spacial score (nSPS) is 16.3. The van der Waals surface area contributed by atoms with Crippen molar-refractivity contribution in [1.29, 1.82) is 0 Å². The summed E-state index contributed by atoms with van der Waals surface area (Å²) in [5, 5.41) is 45.6. The molecule has 0 fully saturated rings. The number of nitrogens with one attached hydrogen (secondary N) is 16. The van der Waals surface area contributed by atoms with E-state index in [1.165, 1.54) is 104 Å². The number of hydrogen-bond donors (Lipinski definition) is 18. The van der Waals surface area contributed by atoms with Crippen molar-refractivity contribution in [2.75, 3.05) is 0 Å². The highest BCUT2D eigenvalue weighted by Gasteiger charge is 2.32. The quantitative estimate of drug-likeness (QED) is 0.0316. The molecule has 2 aromatic rings. The zero-order chi connectivity index (χ0) is 68.8. The van der Waals surface area contributed by atoms with Crippen molar-refractivity contribution in [1.82, 2.24) is 84.7 Å². The second kappa shape index (κ2) is 35.3. The number of carboxylic acid groups (broad SMARTS) is 1. The van der Waals surface area contributed by atoms with Crippen molar-refractivity contribution in [3.8, 4) is 0 Å². The molecule has 0 saturated carbocycles. The molecule has 0 saturated heterocycles. The van der Waals surface area contributed by atoms with Crippen LogP contribution in [0.5, 0.6) is 0 Å². The van der Waals surface area contributed by atoms with E-state index in [9.17, 15) is 76.7 Å². The first-order valence-electron chi connectivity index (χ1n) is 28.8. The summed E-state index contributed by atoms with van der Waals surface area (Å²) in [4.78, 5) is 207. The van der Waals surface area contributed by atoms with Crippen LogP contribution >= 0.6 is 0 Å². The van der Waals surface area contributed by atoms with Crippen molar-refractivity contribution < 1.29 is 81.8 Å². The van der Waals surface area contributed by atoms with Gasteiger partial charge in [0.05, 0.1) is 6.04 Å². The molecule has 498 valence electrons. The number of benzene rings is 1. The molecule has 16 atom stereocenters. The monoisotopic (exact) mass is 1270 g/mol. The summed E-state index contributed by atoms with van der Waals surface area (Å²) in [6.07, 6.45) is 1.94. The lowest BCUT2D eigenvalue weighted by Gasteiger charge is -2.24. The number of carboxylic acids is 1. The summed E-state index contributed by atoms with van der Waals surface area (Å²) >= 11 is 0. The predicted molar refractivity (Wildman–Crippen MR) is 322 cm³/mol. The molecule has 2 rings (SSSR count). The molecule has 0 radical (unpaired) electrons. The van der Waals surface area contributed by atoms with Gasteiger partial charge in [-0.2, -0.15) is 0 Å². The lowest BCUT2D eigenvalue weighted by Crippen LogP contribution is -2.59. The molecule has 90 heavy (non-hydrogen) atoms. The maximum Gasteiger partial charge on any atom is 0.325 e. The summed E-state index contributed by atoms with van der Waals surface area (Å²) in [5.41, 5.74) is 7.82. The minimum Gasteiger partial charge on any atom is -0.480 e. The number of H-pyrrole nitrogens is 1. The van der Waals surface area contributed by atoms with E-state index in [-0.39, 0.29) is 6.42 Å². The van der Waals surface area contributed by atoms with Gasteiger partial charge in [-0.25, -0.2) is 0 Å². The van der Waals surface area contributed by atoms with E-state index in [2.05, 4.69) is 84.7 Å². The van der Waals surface area contributed by atoms with Crippen LogP contribution in [-0.4, -0.2) is 201 Å². The Kier molecular flexibility index (Phi) is 29.9. The number of para-hydroxylation sites is 1. The maximum atomic E-state index is 13.0. The molecule has 1 aromatic heterocycles. The van der Waals surface area contributed by atoms with E-state index < -0.39 is 191 Å². The average Bonchev–Trinajstić information content (AvgIpc) is 2.06. The fourth-order valence-electron chi connectivity index (χ4n) is 7.67. The van der Waals surface area contributed by atoms with Crippen LogP contribution in [0.3, 0.4) is 0 Å². The summed E-state index contributed by atoms with van der Waals surface area (Å²) in [6.45, 7) is 19.5. The lowest BCUT2D eigenvalue weighted by atomic mass is 10.0. The van der Waals surface area contributed by atoms with Crippen molar-refractivity contribution >= 4 is 105 Å². The smallest absolute Gasteiger partial charge is 0.325 e. The molecular formula is C56H87N17O17. The molecule has 0 aliphatic heterocycles. The van der Waals surface area contributed by atoms with Crippen LogP contribution in [0.25, 0.3) is 10.9 Å². The number of carbonyl (C=O) groups is 16. The molecule has 15 amide bonds. The van der Waals surface area contributed by atoms with Crippen LogP contribution in [0.15, 0.2) is 30.5 Å². The number of nitrogens with two attached hydrogens (primary N) is 1. The summed E-state index contributed by atoms with van der Waals surface area (Å²) in [6, 6.07) is -11.9. The largest absolute Gasteiger partial charge is 0.480 e. The fraction of sp³-hybridized carbons (Fsp3) is 0.571. The number of amides is 15. The topological polar surface area (TPSA) is 516 Å². The van der Waals surface area contributed by atoms with Crippen LogP contribution in [0, 0.1) is 0 Å². The Hall–Kier alpha value is -9.76. The summed E-state index contributed by atoms with van der Waals surface area (Å²) in [5.74, 6) is -13.2. The Morgan fingerprint density at radius 2 is 0.489 bits per heavy atom. The van der Waals surface area contributed by atoms with Gasteiger partial charge in [0.15, 0.2) is 0 Å². The SMILES string of the molecule is C[C@H](NC(=O)[C@H](C)NC(=O)[C@H](C)NC(=O)[C@H](C)NC(=O)[C@H](C)NC(=O)[C@H](C)NC(=O)[C@H](C)NC(=O)[C@H](C)NC(=O)[C@H](C)NC(=O)[C@H](C)NC(=O)[C@H](C)NC(=O)[C@H](C)NC(=O)[C@H](C)NC(=O)[C@H](C)NC(=O)[C@H](C)NC(=O)[C@@H](N)Cc1c[nH]c2ccccc12)C(=O)O. The Labute approximate surface area is 519 Å². The second-order valence-corrected chi connectivity index (χ2v) is 22.0. The van der Waals surface area contributed by atoms with E-state index in [0.29, 0.717) is 0 Å². The molecule has 0 aliphatic rings. The molecule has 1 heterocycles. The zero-order valence-corrected chi connectivity index (χ0v) is 52.9. The van der Waals surface area contributed by atoms with E-state index in [1.807, 2.05) is 24.3 Å². The first-order chi connectivity index (χ1) is 41.7. The predicted octanol–water partition coefficient (Wildman–Crippen LogP) is -6.31. The number of fused-ring (bicyclic) bond motifs is 1. The second-order valence-electron chi connectivity index (χ2n) is 22.0. The Morgan fingerprint density at radius 1 is 0.311 bits per heavy atom. The van der Waals surface area contributed by atoms with E-state index in [0.717, 1.165) is 16.5 Å². The van der Waals surface area contributed by atoms with Gasteiger partial charge in [-0.15, -0.1) is 0 Å². The van der Waals surface area contributed by atoms with E-state index >= 15 is 0 Å². The lowest BCUT2D eigenvalue weighted by molar-refractivity contribution is -0.141. The Balaban J connectivity index is 1.75. The third-order valence-electron chi connectivity index (χ3n) is 13.7. The standard InChI is InChI=1S/C56H87N17O17/c1-22(42(75)61-24(3)44(77)63-26(5)46(79)65-28(7)48(81)67-30(9)50(83)69-32(11)52(85)71-34(13)54(87)73-36(15)56(89)90)59-41(74)23(2)60-43(76)25(4)62-45(78)27(6)64-47(80)29(8)66-49(82)31(10)68-51(84)33(12)70-53(86)35(14)72-55(88)39(57)20-37-21-58-40-19-17-16-18-38(37)40/h16-19,21-36,39,58H,20,57H2,1-15H3,(H,59,74)(H,60,76)(H,61,75)(H,62,78)(H,63,77)(H,64,80)(H,65,79)(H,66,82)(H,67,81)(H,68,84)(H,69,83)(H,70,86)(H,71,85)(H,72,88)(H,73,87)(H,89,90)/t22-,23-,24-,25-,26-,27-,28-,29-,30-,31-,32-,33-,34-,35-,36-,39-/m0/s1. The molecule has 0 bridgehead atoms. The Morgan fingerprint density at radius 3 is 0.689 bits per heavy atom. The minimum atomic E-state index is -1.29. The molecule has 0 unspecified atom stereocenters. The highest BCUT2D eigenvalue weighted by molar-refractivity contribution is 6.00. The van der Waals surface area contributed by atoms with Crippen molar-refractivity contribution in [3.63, 3.8) is 0 Å². The Bertz CT molecular complexity index is 3010.